The van der Waals surface area contributed by atoms with Crippen molar-refractivity contribution in [2.75, 3.05) is 19.6 Å². The van der Waals surface area contributed by atoms with E-state index in [1.807, 2.05) is 4.90 Å². The van der Waals surface area contributed by atoms with Gasteiger partial charge in [-0.2, -0.15) is 0 Å². The third-order valence-corrected chi connectivity index (χ3v) is 5.93. The summed E-state index contributed by atoms with van der Waals surface area (Å²) in [5.41, 5.74) is 0.565. The van der Waals surface area contributed by atoms with E-state index in [2.05, 4.69) is 14.8 Å². The molecule has 0 unspecified atom stereocenters. The van der Waals surface area contributed by atoms with Crippen LogP contribution in [0.2, 0.25) is 0 Å². The first-order valence-corrected chi connectivity index (χ1v) is 10.2. The summed E-state index contributed by atoms with van der Waals surface area (Å²) < 4.78 is 15.9. The van der Waals surface area contributed by atoms with Gasteiger partial charge in [-0.1, -0.05) is 18.2 Å². The summed E-state index contributed by atoms with van der Waals surface area (Å²) >= 11 is 0. The molecule has 0 aliphatic carbocycles. The molecule has 2 aliphatic rings. The Labute approximate surface area is 169 Å². The number of hydrogen-bond acceptors (Lipinski definition) is 4. The van der Waals surface area contributed by atoms with E-state index >= 15 is 0 Å². The summed E-state index contributed by atoms with van der Waals surface area (Å²) in [7, 11) is 0. The summed E-state index contributed by atoms with van der Waals surface area (Å²) in [4.78, 5) is 28.0. The van der Waals surface area contributed by atoms with Crippen LogP contribution in [0.4, 0.5) is 4.39 Å². The molecule has 154 valence electrons. The topological polar surface area (TPSA) is 71.3 Å². The van der Waals surface area contributed by atoms with Crippen molar-refractivity contribution in [2.45, 2.75) is 51.6 Å². The molecule has 1 aromatic heterocycles. The van der Waals surface area contributed by atoms with Gasteiger partial charge in [-0.25, -0.2) is 4.39 Å². The lowest BCUT2D eigenvalue weighted by Crippen LogP contribution is -2.41. The summed E-state index contributed by atoms with van der Waals surface area (Å²) in [5.74, 6) is 1.73. The summed E-state index contributed by atoms with van der Waals surface area (Å²) in [5, 5.41) is 8.72. The van der Waals surface area contributed by atoms with Crippen molar-refractivity contribution in [2.24, 2.45) is 0 Å². The second-order valence-electron chi connectivity index (χ2n) is 7.84. The summed E-state index contributed by atoms with van der Waals surface area (Å²) in [6, 6.07) is 6.57. The Morgan fingerprint density at radius 3 is 2.76 bits per heavy atom. The Hall–Kier alpha value is -2.77. The zero-order chi connectivity index (χ0) is 20.4. The molecule has 1 saturated heterocycles. The number of aryl methyl sites for hydroxylation is 1. The molecule has 0 saturated carbocycles. The Morgan fingerprint density at radius 1 is 1.14 bits per heavy atom. The van der Waals surface area contributed by atoms with Crippen LogP contribution >= 0.6 is 0 Å². The number of hydrogen-bond donors (Lipinski definition) is 0. The number of benzene rings is 1. The Bertz CT molecular complexity index is 912. The van der Waals surface area contributed by atoms with Crippen LogP contribution in [0.5, 0.6) is 0 Å². The molecule has 1 atom stereocenters. The molecule has 2 aliphatic heterocycles. The molecule has 2 amide bonds. The Balaban J connectivity index is 1.39. The number of carbonyl (C=O) groups excluding carboxylic acids is 2. The lowest BCUT2D eigenvalue weighted by Gasteiger charge is -2.33. The summed E-state index contributed by atoms with van der Waals surface area (Å²) in [6.45, 7) is 4.76. The van der Waals surface area contributed by atoms with Crippen LogP contribution in [0.3, 0.4) is 0 Å². The van der Waals surface area contributed by atoms with E-state index in [4.69, 9.17) is 0 Å². The van der Waals surface area contributed by atoms with Crippen molar-refractivity contribution in [1.29, 1.82) is 0 Å². The van der Waals surface area contributed by atoms with Gasteiger partial charge in [0.05, 0.1) is 6.54 Å². The fourth-order valence-corrected chi connectivity index (χ4v) is 4.27. The molecule has 0 N–H and O–H groups in total. The first-order chi connectivity index (χ1) is 14.0. The fraction of sp³-hybridized carbons (Fsp3) is 0.524. The Morgan fingerprint density at radius 2 is 1.97 bits per heavy atom. The second kappa shape index (κ2) is 8.31. The number of piperidine rings is 1. The van der Waals surface area contributed by atoms with Gasteiger partial charge in [0.1, 0.15) is 11.6 Å². The molecule has 0 radical (unpaired) electrons. The van der Waals surface area contributed by atoms with Crippen LogP contribution in [0.15, 0.2) is 24.3 Å². The molecule has 2 aromatic rings. The number of rotatable bonds is 4. The zero-order valence-electron chi connectivity index (χ0n) is 16.7. The SMILES string of the molecule is CC(=O)N1CCC[C@H](c2nnc3n2CCN(C(=O)CCc2ccccc2F)C3)C1. The molecule has 8 heteroatoms. The van der Waals surface area contributed by atoms with E-state index in [1.165, 1.54) is 6.07 Å². The molecule has 1 aromatic carbocycles. The van der Waals surface area contributed by atoms with Crippen molar-refractivity contribution in [3.05, 3.63) is 47.3 Å². The van der Waals surface area contributed by atoms with Crippen LogP contribution in [-0.4, -0.2) is 56.0 Å². The lowest BCUT2D eigenvalue weighted by atomic mass is 9.97. The van der Waals surface area contributed by atoms with Crippen molar-refractivity contribution in [3.8, 4) is 0 Å². The van der Waals surface area contributed by atoms with Gasteiger partial charge in [-0.15, -0.1) is 10.2 Å². The number of nitrogens with zero attached hydrogens (tertiary/aromatic N) is 5. The maximum absolute atomic E-state index is 13.8. The molecule has 0 bridgehead atoms. The predicted molar refractivity (Wildman–Crippen MR) is 104 cm³/mol. The van der Waals surface area contributed by atoms with Gasteiger partial charge in [0.2, 0.25) is 11.8 Å². The third kappa shape index (κ3) is 4.16. The van der Waals surface area contributed by atoms with E-state index in [-0.39, 0.29) is 30.0 Å². The quantitative estimate of drug-likeness (QED) is 0.790. The average Bonchev–Trinajstić information content (AvgIpc) is 3.16. The number of fused-ring (bicyclic) bond motifs is 1. The van der Waals surface area contributed by atoms with Gasteiger partial charge in [0.25, 0.3) is 0 Å². The van der Waals surface area contributed by atoms with E-state index in [0.717, 1.165) is 31.0 Å². The van der Waals surface area contributed by atoms with Crippen LogP contribution < -0.4 is 0 Å². The average molecular weight is 399 g/mol. The molecule has 7 nitrogen and oxygen atoms in total. The van der Waals surface area contributed by atoms with Crippen LogP contribution in [0, 0.1) is 5.82 Å². The molecular formula is C21H26FN5O2. The van der Waals surface area contributed by atoms with Crippen molar-refractivity contribution < 1.29 is 14.0 Å². The lowest BCUT2D eigenvalue weighted by molar-refractivity contribution is -0.133. The molecule has 4 rings (SSSR count). The van der Waals surface area contributed by atoms with Crippen LogP contribution in [0.1, 0.15) is 49.3 Å². The first-order valence-electron chi connectivity index (χ1n) is 10.2. The van der Waals surface area contributed by atoms with Gasteiger partial charge in [0, 0.05) is 45.4 Å². The largest absolute Gasteiger partial charge is 0.342 e. The second-order valence-corrected chi connectivity index (χ2v) is 7.84. The van der Waals surface area contributed by atoms with Gasteiger partial charge >= 0.3 is 0 Å². The van der Waals surface area contributed by atoms with Crippen LogP contribution in [-0.2, 0) is 29.1 Å². The van der Waals surface area contributed by atoms with Crippen LogP contribution in [0.25, 0.3) is 0 Å². The number of likely N-dealkylation sites (tertiary alicyclic amines) is 1. The van der Waals surface area contributed by atoms with E-state index in [0.29, 0.717) is 38.2 Å². The number of aromatic nitrogens is 3. The third-order valence-electron chi connectivity index (χ3n) is 5.93. The van der Waals surface area contributed by atoms with Gasteiger partial charge in [-0.3, -0.25) is 9.59 Å². The molecule has 3 heterocycles. The highest BCUT2D eigenvalue weighted by Crippen LogP contribution is 2.27. The highest BCUT2D eigenvalue weighted by Gasteiger charge is 2.30. The minimum absolute atomic E-state index is 0.00414. The van der Waals surface area contributed by atoms with Gasteiger partial charge < -0.3 is 14.4 Å². The highest BCUT2D eigenvalue weighted by atomic mass is 19.1. The monoisotopic (exact) mass is 399 g/mol. The number of halogens is 1. The highest BCUT2D eigenvalue weighted by molar-refractivity contribution is 5.76. The minimum atomic E-state index is -0.268. The van der Waals surface area contributed by atoms with Crippen molar-refractivity contribution in [3.63, 3.8) is 0 Å². The van der Waals surface area contributed by atoms with Crippen molar-refractivity contribution in [1.82, 2.24) is 24.6 Å². The smallest absolute Gasteiger partial charge is 0.223 e. The maximum Gasteiger partial charge on any atom is 0.223 e. The first kappa shape index (κ1) is 19.5. The van der Waals surface area contributed by atoms with E-state index in [1.54, 1.807) is 30.0 Å². The van der Waals surface area contributed by atoms with Gasteiger partial charge in [-0.05, 0) is 30.9 Å². The Kier molecular flexibility index (Phi) is 5.60. The summed E-state index contributed by atoms with van der Waals surface area (Å²) in [6.07, 6.45) is 2.63. The fourth-order valence-electron chi connectivity index (χ4n) is 4.27. The van der Waals surface area contributed by atoms with Crippen molar-refractivity contribution >= 4 is 11.8 Å². The molecule has 0 spiro atoms. The molecule has 1 fully saturated rings. The zero-order valence-corrected chi connectivity index (χ0v) is 16.7. The van der Waals surface area contributed by atoms with E-state index < -0.39 is 0 Å². The standard InChI is InChI=1S/C21H26FN5O2/c1-15(28)25-10-4-6-17(13-25)21-24-23-19-14-26(11-12-27(19)21)20(29)9-8-16-5-2-3-7-18(16)22/h2-3,5,7,17H,4,6,8-14H2,1H3/t17-/m0/s1. The number of amides is 2. The predicted octanol–water partition coefficient (Wildman–Crippen LogP) is 2.12. The van der Waals surface area contributed by atoms with Gasteiger partial charge in [0.15, 0.2) is 5.82 Å². The minimum Gasteiger partial charge on any atom is -0.342 e. The molecule has 29 heavy (non-hydrogen) atoms. The van der Waals surface area contributed by atoms with E-state index in [9.17, 15) is 14.0 Å². The molecular weight excluding hydrogens is 373 g/mol. The number of carbonyl (C=O) groups is 2. The maximum atomic E-state index is 13.8. The normalized spacial score (nSPS) is 19.2.